The Balaban J connectivity index is 1.71. The fourth-order valence-electron chi connectivity index (χ4n) is 8.55. The van der Waals surface area contributed by atoms with Crippen molar-refractivity contribution < 1.29 is 39.1 Å². The van der Waals surface area contributed by atoms with Gasteiger partial charge < -0.3 is 39.3 Å². The highest BCUT2D eigenvalue weighted by Crippen LogP contribution is 2.35. The number of benzene rings is 1. The normalized spacial score (nSPS) is 36.5. The van der Waals surface area contributed by atoms with Gasteiger partial charge >= 0.3 is 5.97 Å². The number of aliphatic hydroxyl groups is 3. The van der Waals surface area contributed by atoms with Gasteiger partial charge in [0.15, 0.2) is 12.1 Å². The molecule has 1 saturated heterocycles. The van der Waals surface area contributed by atoms with Gasteiger partial charge in [-0.25, -0.2) is 0 Å². The zero-order valence-corrected chi connectivity index (χ0v) is 34.3. The third-order valence-corrected chi connectivity index (χ3v) is 12.0. The molecule has 3 aliphatic heterocycles. The number of hydrogen-bond donors (Lipinski definition) is 3. The molecule has 11 nitrogen and oxygen atoms in total. The molecule has 11 heteroatoms. The molecule has 0 aliphatic carbocycles. The standard InChI is InChI=1S/C43H69N3O8/c1-10-37-34(26-45(11-2)12-3)21-27(4)17-18-35(47)28(5)22-31(19-20-46-24-32-15-13-14-16-33(32)25-46)42(29(6)36(48)23-38(49)53-37)54-43-41(51)39(44(8)9)40(50)30(7)52-43/h13-18,21,28-31,34,36-37,39-43,48,50-51H,10-12,19-20,22-26H2,1-9H3/b18-17+,27-21+/t28-,29+,30-,31+,34-,36-,37-,39+,40-,41-,42-,43+/m1/s1. The van der Waals surface area contributed by atoms with Gasteiger partial charge in [0, 0.05) is 37.4 Å². The van der Waals surface area contributed by atoms with Gasteiger partial charge in [0.25, 0.3) is 0 Å². The summed E-state index contributed by atoms with van der Waals surface area (Å²) in [6.07, 6.45) is 0.931. The van der Waals surface area contributed by atoms with Gasteiger partial charge in [-0.15, -0.1) is 0 Å². The molecule has 3 aliphatic rings. The van der Waals surface area contributed by atoms with E-state index in [0.717, 1.165) is 38.3 Å². The van der Waals surface area contributed by atoms with Crippen molar-refractivity contribution in [1.29, 1.82) is 0 Å². The van der Waals surface area contributed by atoms with E-state index in [1.807, 2.05) is 33.8 Å². The number of esters is 1. The van der Waals surface area contributed by atoms with Crippen LogP contribution in [0, 0.1) is 23.7 Å². The molecule has 304 valence electrons. The molecular formula is C43H69N3O8. The maximum absolute atomic E-state index is 13.8. The maximum atomic E-state index is 13.8. The molecule has 0 amide bonds. The van der Waals surface area contributed by atoms with Gasteiger partial charge in [0.05, 0.1) is 36.9 Å². The Kier molecular flexibility index (Phi) is 16.9. The average Bonchev–Trinajstić information content (AvgIpc) is 3.56. The van der Waals surface area contributed by atoms with Gasteiger partial charge in [0.2, 0.25) is 0 Å². The van der Waals surface area contributed by atoms with Crippen molar-refractivity contribution in [2.24, 2.45) is 23.7 Å². The topological polar surface area (TPSA) is 132 Å². The number of ketones is 1. The molecule has 0 spiro atoms. The summed E-state index contributed by atoms with van der Waals surface area (Å²) in [6.45, 7) is 18.5. The molecule has 1 aromatic rings. The molecule has 0 saturated carbocycles. The van der Waals surface area contributed by atoms with Gasteiger partial charge in [0.1, 0.15) is 12.2 Å². The highest BCUT2D eigenvalue weighted by Gasteiger charge is 2.47. The molecule has 3 heterocycles. The van der Waals surface area contributed by atoms with Crippen molar-refractivity contribution in [3.63, 3.8) is 0 Å². The Labute approximate surface area is 324 Å². The molecule has 1 fully saturated rings. The third kappa shape index (κ3) is 11.5. The maximum Gasteiger partial charge on any atom is 0.308 e. The summed E-state index contributed by atoms with van der Waals surface area (Å²) in [5.74, 6) is -1.82. The van der Waals surface area contributed by atoms with Crippen LogP contribution in [0.25, 0.3) is 0 Å². The summed E-state index contributed by atoms with van der Waals surface area (Å²) in [5.41, 5.74) is 3.52. The van der Waals surface area contributed by atoms with Gasteiger partial charge in [-0.3, -0.25) is 14.5 Å². The summed E-state index contributed by atoms with van der Waals surface area (Å²) in [7, 11) is 3.59. The second-order valence-corrected chi connectivity index (χ2v) is 16.3. The van der Waals surface area contributed by atoms with Crippen LogP contribution in [0.2, 0.25) is 0 Å². The van der Waals surface area contributed by atoms with Crippen LogP contribution in [0.1, 0.15) is 85.3 Å². The van der Waals surface area contributed by atoms with E-state index in [-0.39, 0.29) is 30.0 Å². The quantitative estimate of drug-likeness (QED) is 0.275. The minimum absolute atomic E-state index is 0.00231. The number of ether oxygens (including phenoxy) is 3. The molecule has 1 aromatic carbocycles. The number of carbonyl (C=O) groups is 2. The molecule has 3 N–H and O–H groups in total. The van der Waals surface area contributed by atoms with E-state index in [1.54, 1.807) is 32.0 Å². The largest absolute Gasteiger partial charge is 0.462 e. The van der Waals surface area contributed by atoms with E-state index in [9.17, 15) is 24.9 Å². The van der Waals surface area contributed by atoms with Gasteiger partial charge in [-0.2, -0.15) is 0 Å². The van der Waals surface area contributed by atoms with Crippen LogP contribution in [-0.4, -0.2) is 131 Å². The second-order valence-electron chi connectivity index (χ2n) is 16.3. The lowest BCUT2D eigenvalue weighted by Crippen LogP contribution is -2.63. The van der Waals surface area contributed by atoms with Crippen molar-refractivity contribution >= 4 is 11.8 Å². The number of rotatable bonds is 11. The fourth-order valence-corrected chi connectivity index (χ4v) is 8.55. The number of cyclic esters (lactones) is 1. The van der Waals surface area contributed by atoms with Crippen LogP contribution in [0.3, 0.4) is 0 Å². The predicted octanol–water partition coefficient (Wildman–Crippen LogP) is 4.57. The lowest BCUT2D eigenvalue weighted by Gasteiger charge is -2.46. The van der Waals surface area contributed by atoms with Crippen molar-refractivity contribution in [1.82, 2.24) is 14.7 Å². The van der Waals surface area contributed by atoms with Crippen molar-refractivity contribution in [2.45, 2.75) is 136 Å². The predicted molar refractivity (Wildman–Crippen MR) is 210 cm³/mol. The van der Waals surface area contributed by atoms with Gasteiger partial charge in [-0.1, -0.05) is 76.6 Å². The van der Waals surface area contributed by atoms with Crippen LogP contribution < -0.4 is 0 Å². The summed E-state index contributed by atoms with van der Waals surface area (Å²) >= 11 is 0. The molecule has 12 atom stereocenters. The molecule has 0 aromatic heterocycles. The first-order chi connectivity index (χ1) is 25.7. The Morgan fingerprint density at radius 3 is 2.19 bits per heavy atom. The Morgan fingerprint density at radius 1 is 0.944 bits per heavy atom. The van der Waals surface area contributed by atoms with Crippen molar-refractivity contribution in [2.75, 3.05) is 40.3 Å². The lowest BCUT2D eigenvalue weighted by atomic mass is 9.79. The number of hydrogen-bond acceptors (Lipinski definition) is 11. The summed E-state index contributed by atoms with van der Waals surface area (Å²) in [5, 5.41) is 34.4. The van der Waals surface area contributed by atoms with E-state index in [1.165, 1.54) is 11.1 Å². The lowest BCUT2D eigenvalue weighted by molar-refractivity contribution is -0.304. The van der Waals surface area contributed by atoms with Gasteiger partial charge in [-0.05, 0) is 90.0 Å². The summed E-state index contributed by atoms with van der Waals surface area (Å²) < 4.78 is 19.1. The zero-order chi connectivity index (χ0) is 39.7. The minimum atomic E-state index is -1.19. The number of fused-ring (bicyclic) bond motifs is 1. The van der Waals surface area contributed by atoms with Crippen LogP contribution in [0.4, 0.5) is 0 Å². The number of carbonyl (C=O) groups excluding carboxylic acids is 2. The van der Waals surface area contributed by atoms with E-state index in [4.69, 9.17) is 14.2 Å². The first-order valence-electron chi connectivity index (χ1n) is 20.3. The van der Waals surface area contributed by atoms with E-state index < -0.39 is 60.8 Å². The number of likely N-dealkylation sites (N-methyl/N-ethyl adjacent to an activating group) is 1. The first kappa shape index (κ1) is 44.2. The van der Waals surface area contributed by atoms with E-state index in [0.29, 0.717) is 25.8 Å². The molecule has 0 bridgehead atoms. The number of allylic oxidation sites excluding steroid dienone is 3. The highest BCUT2D eigenvalue weighted by molar-refractivity contribution is 5.91. The first-order valence-corrected chi connectivity index (χ1v) is 20.3. The fraction of sp³-hybridized carbons (Fsp3) is 0.721. The van der Waals surface area contributed by atoms with E-state index in [2.05, 4.69) is 54.0 Å². The van der Waals surface area contributed by atoms with E-state index >= 15 is 0 Å². The Morgan fingerprint density at radius 2 is 1.59 bits per heavy atom. The monoisotopic (exact) mass is 756 g/mol. The molecular weight excluding hydrogens is 686 g/mol. The SMILES string of the molecule is CC[C@H]1OC(=O)C[C@@H](O)[C@H](C)[C@@H](O[C@@H]2O[C@H](C)[C@@H](O)[C@H](N(C)C)[C@H]2O)[C@@H](CCN2Cc3ccccc3C2)C[C@@H](C)C(=O)/C=C/C(C)=C/[C@@H]1CN(CC)CC. The summed E-state index contributed by atoms with van der Waals surface area (Å²) in [6, 6.07) is 7.77. The molecule has 4 rings (SSSR count). The average molecular weight is 756 g/mol. The molecule has 0 radical (unpaired) electrons. The third-order valence-electron chi connectivity index (χ3n) is 12.0. The van der Waals surface area contributed by atoms with Crippen LogP contribution >= 0.6 is 0 Å². The zero-order valence-electron chi connectivity index (χ0n) is 34.3. The molecule has 54 heavy (non-hydrogen) atoms. The number of nitrogens with zero attached hydrogens (tertiary/aromatic N) is 3. The van der Waals surface area contributed by atoms with Crippen LogP contribution in [0.15, 0.2) is 48.1 Å². The Hall–Kier alpha value is -2.48. The minimum Gasteiger partial charge on any atom is -0.462 e. The van der Waals surface area contributed by atoms with Crippen LogP contribution in [0.5, 0.6) is 0 Å². The summed E-state index contributed by atoms with van der Waals surface area (Å²) in [4.78, 5) is 33.9. The Bertz CT molecular complexity index is 1390. The van der Waals surface area contributed by atoms with Crippen molar-refractivity contribution in [3.05, 3.63) is 59.2 Å². The second kappa shape index (κ2) is 20.6. The highest BCUT2D eigenvalue weighted by atomic mass is 16.7. The van der Waals surface area contributed by atoms with Crippen LogP contribution in [-0.2, 0) is 36.9 Å². The molecule has 0 unspecified atom stereocenters. The smallest absolute Gasteiger partial charge is 0.308 e. The van der Waals surface area contributed by atoms with Crippen molar-refractivity contribution in [3.8, 4) is 0 Å². The number of aliphatic hydroxyl groups excluding tert-OH is 3.